The van der Waals surface area contributed by atoms with Gasteiger partial charge in [-0.1, -0.05) is 19.9 Å². The van der Waals surface area contributed by atoms with Gasteiger partial charge in [0.05, 0.1) is 5.41 Å². The highest BCUT2D eigenvalue weighted by molar-refractivity contribution is 5.89. The zero-order valence-corrected chi connectivity index (χ0v) is 17.5. The molecule has 1 heterocycles. The molecule has 28 heavy (non-hydrogen) atoms. The van der Waals surface area contributed by atoms with Crippen LogP contribution in [0.4, 0.5) is 14.9 Å². The van der Waals surface area contributed by atoms with Crippen LogP contribution in [0.1, 0.15) is 39.5 Å². The van der Waals surface area contributed by atoms with Gasteiger partial charge in [-0.2, -0.15) is 0 Å². The first-order valence-electron chi connectivity index (χ1n) is 9.74. The van der Waals surface area contributed by atoms with Crippen molar-refractivity contribution in [2.45, 2.75) is 39.5 Å². The third kappa shape index (κ3) is 6.07. The number of benzene rings is 1. The molecule has 0 aromatic heterocycles. The van der Waals surface area contributed by atoms with E-state index in [1.54, 1.807) is 12.1 Å². The molecular weight excluding hydrogens is 383 g/mol. The van der Waals surface area contributed by atoms with Gasteiger partial charge in [-0.05, 0) is 49.8 Å². The predicted octanol–water partition coefficient (Wildman–Crippen LogP) is 3.37. The Labute approximate surface area is 172 Å². The molecule has 0 spiro atoms. The molecule has 0 radical (unpaired) electrons. The molecule has 0 bridgehead atoms. The van der Waals surface area contributed by atoms with E-state index in [1.165, 1.54) is 12.1 Å². The zero-order valence-electron chi connectivity index (χ0n) is 16.7. The summed E-state index contributed by atoms with van der Waals surface area (Å²) in [6.07, 6.45) is 3.33. The van der Waals surface area contributed by atoms with Crippen molar-refractivity contribution in [2.24, 2.45) is 17.1 Å². The molecule has 6 nitrogen and oxygen atoms in total. The number of piperidine rings is 1. The van der Waals surface area contributed by atoms with Crippen LogP contribution in [0.15, 0.2) is 24.3 Å². The van der Waals surface area contributed by atoms with Crippen LogP contribution in [-0.2, 0) is 4.79 Å². The lowest BCUT2D eigenvalue weighted by molar-refractivity contribution is -0.144. The summed E-state index contributed by atoms with van der Waals surface area (Å²) in [6, 6.07) is 5.39. The molecule has 1 fully saturated rings. The lowest BCUT2D eigenvalue weighted by Gasteiger charge is -2.39. The van der Waals surface area contributed by atoms with Crippen molar-refractivity contribution < 1.29 is 14.0 Å². The summed E-state index contributed by atoms with van der Waals surface area (Å²) in [5.41, 5.74) is 5.84. The molecule has 8 heteroatoms. The minimum Gasteiger partial charge on any atom is -0.342 e. The predicted molar refractivity (Wildman–Crippen MR) is 112 cm³/mol. The van der Waals surface area contributed by atoms with Crippen molar-refractivity contribution in [3.8, 4) is 0 Å². The molecule has 1 unspecified atom stereocenters. The van der Waals surface area contributed by atoms with Gasteiger partial charge in [0.1, 0.15) is 5.82 Å². The number of nitrogens with zero attached hydrogens (tertiary/aromatic N) is 1. The van der Waals surface area contributed by atoms with Gasteiger partial charge in [0.15, 0.2) is 0 Å². The van der Waals surface area contributed by atoms with Crippen molar-refractivity contribution >= 4 is 30.0 Å². The van der Waals surface area contributed by atoms with E-state index in [1.807, 2.05) is 18.7 Å². The van der Waals surface area contributed by atoms with Gasteiger partial charge >= 0.3 is 6.03 Å². The molecule has 1 atom stereocenters. The summed E-state index contributed by atoms with van der Waals surface area (Å²) in [4.78, 5) is 26.9. The third-order valence-electron chi connectivity index (χ3n) is 5.64. The Hall–Kier alpha value is -1.86. The Morgan fingerprint density at radius 1 is 1.32 bits per heavy atom. The standard InChI is InChI=1S/C20H31FN4O2.ClH/c1-3-20(4-2,14-22)18(26)25-10-6-7-15(13-25)12-23-19(27)24-17-9-5-8-16(21)11-17;/h5,8-9,11,15H,3-4,6-7,10,12-14,22H2,1-2H3,(H2,23,24,27);1H. The summed E-state index contributed by atoms with van der Waals surface area (Å²) in [6.45, 7) is 6.21. The fourth-order valence-corrected chi connectivity index (χ4v) is 3.66. The second kappa shape index (κ2) is 11.2. The van der Waals surface area contributed by atoms with Crippen molar-refractivity contribution in [3.05, 3.63) is 30.1 Å². The number of nitrogens with two attached hydrogens (primary N) is 1. The molecule has 1 aliphatic heterocycles. The number of rotatable bonds is 7. The molecule has 3 amide bonds. The van der Waals surface area contributed by atoms with Crippen LogP contribution in [0.5, 0.6) is 0 Å². The SMILES string of the molecule is CCC(CC)(CN)C(=O)N1CCCC(CNC(=O)Nc2cccc(F)c2)C1.Cl. The van der Waals surface area contributed by atoms with Gasteiger partial charge in [-0.15, -0.1) is 12.4 Å². The molecule has 2 rings (SSSR count). The summed E-state index contributed by atoms with van der Waals surface area (Å²) in [5, 5.41) is 5.45. The van der Waals surface area contributed by atoms with E-state index in [0.717, 1.165) is 32.2 Å². The largest absolute Gasteiger partial charge is 0.342 e. The first-order chi connectivity index (χ1) is 12.9. The van der Waals surface area contributed by atoms with Crippen molar-refractivity contribution in [1.29, 1.82) is 0 Å². The Morgan fingerprint density at radius 3 is 2.64 bits per heavy atom. The molecule has 4 N–H and O–H groups in total. The molecule has 1 aromatic rings. The molecule has 158 valence electrons. The average Bonchev–Trinajstić information content (AvgIpc) is 2.68. The highest BCUT2D eigenvalue weighted by atomic mass is 35.5. The van der Waals surface area contributed by atoms with Crippen LogP contribution in [-0.4, -0.2) is 43.0 Å². The highest BCUT2D eigenvalue weighted by Crippen LogP contribution is 2.30. The van der Waals surface area contributed by atoms with E-state index < -0.39 is 11.2 Å². The van der Waals surface area contributed by atoms with Crippen LogP contribution in [0.25, 0.3) is 0 Å². The molecule has 1 aromatic carbocycles. The summed E-state index contributed by atoms with van der Waals surface area (Å²) < 4.78 is 13.2. The first kappa shape index (κ1) is 24.2. The van der Waals surface area contributed by atoms with Crippen LogP contribution < -0.4 is 16.4 Å². The highest BCUT2D eigenvalue weighted by Gasteiger charge is 2.38. The van der Waals surface area contributed by atoms with Crippen molar-refractivity contribution in [1.82, 2.24) is 10.2 Å². The van der Waals surface area contributed by atoms with E-state index >= 15 is 0 Å². The Balaban J connectivity index is 0.00000392. The van der Waals surface area contributed by atoms with Crippen LogP contribution in [0.2, 0.25) is 0 Å². The lowest BCUT2D eigenvalue weighted by atomic mass is 9.80. The average molecular weight is 415 g/mol. The van der Waals surface area contributed by atoms with E-state index in [0.29, 0.717) is 25.3 Å². The van der Waals surface area contributed by atoms with Crippen LogP contribution in [0, 0.1) is 17.2 Å². The number of carbonyl (C=O) groups is 2. The normalized spacial score (nSPS) is 16.9. The fourth-order valence-electron chi connectivity index (χ4n) is 3.66. The van der Waals surface area contributed by atoms with Gasteiger partial charge in [0.2, 0.25) is 5.91 Å². The zero-order chi connectivity index (χ0) is 19.9. The number of nitrogens with one attached hydrogen (secondary N) is 2. The number of hydrogen-bond donors (Lipinski definition) is 3. The van der Waals surface area contributed by atoms with Gasteiger partial charge in [0.25, 0.3) is 0 Å². The maximum Gasteiger partial charge on any atom is 0.319 e. The maximum absolute atomic E-state index is 13.2. The van der Waals surface area contributed by atoms with Crippen LogP contribution in [0.3, 0.4) is 0 Å². The third-order valence-corrected chi connectivity index (χ3v) is 5.64. The molecular formula is C20H32ClFN4O2. The topological polar surface area (TPSA) is 87.5 Å². The Morgan fingerprint density at radius 2 is 2.04 bits per heavy atom. The monoisotopic (exact) mass is 414 g/mol. The molecule has 0 aliphatic carbocycles. The molecule has 0 saturated carbocycles. The van der Waals surface area contributed by atoms with E-state index in [2.05, 4.69) is 10.6 Å². The number of hydrogen-bond acceptors (Lipinski definition) is 3. The van der Waals surface area contributed by atoms with Crippen molar-refractivity contribution in [2.75, 3.05) is 31.5 Å². The fraction of sp³-hybridized carbons (Fsp3) is 0.600. The van der Waals surface area contributed by atoms with Crippen molar-refractivity contribution in [3.63, 3.8) is 0 Å². The van der Waals surface area contributed by atoms with Gasteiger partial charge in [-0.25, -0.2) is 9.18 Å². The van der Waals surface area contributed by atoms with Gasteiger partial charge in [-0.3, -0.25) is 4.79 Å². The number of anilines is 1. The van der Waals surface area contributed by atoms with E-state index in [9.17, 15) is 14.0 Å². The van der Waals surface area contributed by atoms with Crippen LogP contribution >= 0.6 is 12.4 Å². The minimum atomic E-state index is -0.482. The summed E-state index contributed by atoms with van der Waals surface area (Å²) >= 11 is 0. The maximum atomic E-state index is 13.2. The number of amides is 3. The minimum absolute atomic E-state index is 0. The number of carbonyl (C=O) groups excluding carboxylic acids is 2. The number of halogens is 2. The quantitative estimate of drug-likeness (QED) is 0.639. The van der Waals surface area contributed by atoms with Gasteiger partial charge < -0.3 is 21.3 Å². The summed E-state index contributed by atoms with van der Waals surface area (Å²) in [5.74, 6) is -0.0708. The second-order valence-corrected chi connectivity index (χ2v) is 7.30. The first-order valence-corrected chi connectivity index (χ1v) is 9.74. The van der Waals surface area contributed by atoms with E-state index in [4.69, 9.17) is 5.73 Å². The lowest BCUT2D eigenvalue weighted by Crippen LogP contribution is -2.52. The number of likely N-dealkylation sites (tertiary alicyclic amines) is 1. The molecule has 1 aliphatic rings. The number of urea groups is 1. The van der Waals surface area contributed by atoms with E-state index in [-0.39, 0.29) is 30.3 Å². The molecule has 1 saturated heterocycles. The Bertz CT molecular complexity index is 647. The van der Waals surface area contributed by atoms with Gasteiger partial charge in [0, 0.05) is 31.9 Å². The Kier molecular flexibility index (Phi) is 9.69. The second-order valence-electron chi connectivity index (χ2n) is 7.30. The summed E-state index contributed by atoms with van der Waals surface area (Å²) in [7, 11) is 0. The smallest absolute Gasteiger partial charge is 0.319 e.